The van der Waals surface area contributed by atoms with Gasteiger partial charge < -0.3 is 13.7 Å². The van der Waals surface area contributed by atoms with Gasteiger partial charge in [-0.05, 0) is 127 Å². The standard InChI is InChI=1S/C66H53NO2/c1-65(2,3)47-36-46(37-48(41-47)66(4,5)6)51-26-16-18-42-19-17-27-55(64(42)51)52-23-8-12-29-59(52)67(49-21-15-20-43(38-49)44-32-34-62-56(39-44)53-24-9-13-30-60(53)68-62)58-28-11-7-22-50(58)45-33-35-63-57(40-45)54-25-10-14-31-61(54)69-63/h7-41H,1-6H3. The third kappa shape index (κ3) is 7.46. The first-order valence-corrected chi connectivity index (χ1v) is 24.1. The van der Waals surface area contributed by atoms with Gasteiger partial charge in [-0.15, -0.1) is 0 Å². The Kier molecular flexibility index (Phi) is 9.97. The lowest BCUT2D eigenvalue weighted by molar-refractivity contribution is 0.569. The van der Waals surface area contributed by atoms with E-state index in [9.17, 15) is 0 Å². The van der Waals surface area contributed by atoms with E-state index in [4.69, 9.17) is 8.83 Å². The van der Waals surface area contributed by atoms with E-state index in [2.05, 4.69) is 234 Å². The van der Waals surface area contributed by atoms with Crippen LogP contribution in [0.5, 0.6) is 0 Å². The van der Waals surface area contributed by atoms with E-state index < -0.39 is 0 Å². The fourth-order valence-electron chi connectivity index (χ4n) is 10.3. The second-order valence-electron chi connectivity index (χ2n) is 20.5. The summed E-state index contributed by atoms with van der Waals surface area (Å²) in [5.74, 6) is 0. The van der Waals surface area contributed by atoms with Gasteiger partial charge in [0, 0.05) is 38.4 Å². The number of fused-ring (bicyclic) bond motifs is 7. The molecule has 69 heavy (non-hydrogen) atoms. The summed E-state index contributed by atoms with van der Waals surface area (Å²) in [4.78, 5) is 2.47. The van der Waals surface area contributed by atoms with Gasteiger partial charge in [0.15, 0.2) is 0 Å². The molecule has 0 atom stereocenters. The Bertz CT molecular complexity index is 3910. The largest absolute Gasteiger partial charge is 0.456 e. The van der Waals surface area contributed by atoms with Crippen molar-refractivity contribution in [2.24, 2.45) is 0 Å². The molecule has 334 valence electrons. The molecule has 0 saturated carbocycles. The Morgan fingerprint density at radius 1 is 0.319 bits per heavy atom. The number of benzene rings is 10. The first-order valence-electron chi connectivity index (χ1n) is 24.1. The van der Waals surface area contributed by atoms with Crippen LogP contribution in [-0.4, -0.2) is 0 Å². The van der Waals surface area contributed by atoms with Crippen LogP contribution in [0.15, 0.2) is 221 Å². The molecule has 3 nitrogen and oxygen atoms in total. The van der Waals surface area contributed by atoms with Crippen LogP contribution in [0.3, 0.4) is 0 Å². The SMILES string of the molecule is CC(C)(C)c1cc(-c2cccc3cccc(-c4ccccc4N(c4cccc(-c5ccc6oc7ccccc7c6c5)c4)c4ccccc4-c4ccc5oc6ccccc6c5c4)c23)cc(C(C)(C)C)c1. The van der Waals surface area contributed by atoms with Crippen molar-refractivity contribution in [1.82, 2.24) is 0 Å². The number of anilines is 3. The molecule has 0 aliphatic carbocycles. The minimum Gasteiger partial charge on any atom is -0.456 e. The quantitative estimate of drug-likeness (QED) is 0.160. The molecule has 12 rings (SSSR count). The van der Waals surface area contributed by atoms with Crippen molar-refractivity contribution in [2.75, 3.05) is 4.90 Å². The number of hydrogen-bond acceptors (Lipinski definition) is 3. The predicted octanol–water partition coefficient (Wildman–Crippen LogP) is 19.4. The van der Waals surface area contributed by atoms with Crippen molar-refractivity contribution in [3.63, 3.8) is 0 Å². The average molecular weight is 892 g/mol. The molecule has 0 aliphatic rings. The van der Waals surface area contributed by atoms with Crippen LogP contribution < -0.4 is 4.90 Å². The first-order chi connectivity index (χ1) is 33.5. The Morgan fingerprint density at radius 3 is 1.43 bits per heavy atom. The van der Waals surface area contributed by atoms with E-state index >= 15 is 0 Å². The monoisotopic (exact) mass is 891 g/mol. The van der Waals surface area contributed by atoms with E-state index in [1.54, 1.807) is 0 Å². The summed E-state index contributed by atoms with van der Waals surface area (Å²) >= 11 is 0. The molecular weight excluding hydrogens is 839 g/mol. The topological polar surface area (TPSA) is 29.5 Å². The molecule has 0 N–H and O–H groups in total. The van der Waals surface area contributed by atoms with E-state index in [-0.39, 0.29) is 10.8 Å². The fraction of sp³-hybridized carbons (Fsp3) is 0.121. The maximum atomic E-state index is 6.33. The Hall–Kier alpha value is -8.14. The molecule has 0 fully saturated rings. The number of rotatable bonds is 7. The molecule has 0 unspecified atom stereocenters. The normalized spacial score (nSPS) is 12.2. The van der Waals surface area contributed by atoms with E-state index in [1.807, 2.05) is 24.3 Å². The summed E-state index contributed by atoms with van der Waals surface area (Å²) < 4.78 is 12.6. The molecule has 0 radical (unpaired) electrons. The summed E-state index contributed by atoms with van der Waals surface area (Å²) in [7, 11) is 0. The lowest BCUT2D eigenvalue weighted by Crippen LogP contribution is -2.16. The fourth-order valence-corrected chi connectivity index (χ4v) is 10.3. The van der Waals surface area contributed by atoms with Crippen LogP contribution in [0.25, 0.3) is 99.2 Å². The van der Waals surface area contributed by atoms with Crippen LogP contribution in [0.1, 0.15) is 52.7 Å². The van der Waals surface area contributed by atoms with Crippen molar-refractivity contribution in [2.45, 2.75) is 52.4 Å². The molecule has 3 heteroatoms. The Morgan fingerprint density at radius 2 is 0.797 bits per heavy atom. The van der Waals surface area contributed by atoms with Crippen LogP contribution in [0, 0.1) is 0 Å². The van der Waals surface area contributed by atoms with Crippen molar-refractivity contribution in [1.29, 1.82) is 0 Å². The summed E-state index contributed by atoms with van der Waals surface area (Å²) in [5.41, 5.74) is 18.6. The van der Waals surface area contributed by atoms with Gasteiger partial charge in [-0.2, -0.15) is 0 Å². The number of para-hydroxylation sites is 4. The molecule has 0 aliphatic heterocycles. The predicted molar refractivity (Wildman–Crippen MR) is 292 cm³/mol. The summed E-state index contributed by atoms with van der Waals surface area (Å²) in [5, 5.41) is 6.87. The molecule has 12 aromatic rings. The van der Waals surface area contributed by atoms with E-state index in [0.29, 0.717) is 0 Å². The molecule has 2 aromatic heterocycles. The molecule has 0 saturated heterocycles. The van der Waals surface area contributed by atoms with Crippen molar-refractivity contribution in [3.05, 3.63) is 223 Å². The van der Waals surface area contributed by atoms with Gasteiger partial charge >= 0.3 is 0 Å². The molecule has 0 bridgehead atoms. The van der Waals surface area contributed by atoms with Gasteiger partial charge in [0.05, 0.1) is 11.4 Å². The molecule has 0 amide bonds. The third-order valence-electron chi connectivity index (χ3n) is 14.0. The van der Waals surface area contributed by atoms with Crippen LogP contribution >= 0.6 is 0 Å². The first kappa shape index (κ1) is 42.2. The second kappa shape index (κ2) is 16.3. The smallest absolute Gasteiger partial charge is 0.135 e. The van der Waals surface area contributed by atoms with Crippen LogP contribution in [0.2, 0.25) is 0 Å². The number of furan rings is 2. The highest BCUT2D eigenvalue weighted by Crippen LogP contribution is 2.49. The molecular formula is C66H53NO2. The van der Waals surface area contributed by atoms with Gasteiger partial charge in [-0.1, -0.05) is 193 Å². The maximum Gasteiger partial charge on any atom is 0.135 e. The van der Waals surface area contributed by atoms with Gasteiger partial charge in [-0.3, -0.25) is 0 Å². The zero-order valence-corrected chi connectivity index (χ0v) is 40.0. The van der Waals surface area contributed by atoms with Crippen molar-refractivity contribution < 1.29 is 8.83 Å². The zero-order valence-electron chi connectivity index (χ0n) is 40.0. The van der Waals surface area contributed by atoms with Crippen LogP contribution in [-0.2, 0) is 10.8 Å². The van der Waals surface area contributed by atoms with Crippen molar-refractivity contribution in [3.8, 4) is 44.5 Å². The second-order valence-corrected chi connectivity index (χ2v) is 20.5. The molecule has 0 spiro atoms. The van der Waals surface area contributed by atoms with Gasteiger partial charge in [-0.25, -0.2) is 0 Å². The van der Waals surface area contributed by atoms with E-state index in [0.717, 1.165) is 88.8 Å². The number of hydrogen-bond donors (Lipinski definition) is 0. The maximum absolute atomic E-state index is 6.33. The Balaban J connectivity index is 1.10. The lowest BCUT2D eigenvalue weighted by Gasteiger charge is -2.30. The van der Waals surface area contributed by atoms with Crippen molar-refractivity contribution >= 4 is 71.7 Å². The Labute approximate surface area is 403 Å². The molecule has 10 aromatic carbocycles. The lowest BCUT2D eigenvalue weighted by atomic mass is 9.78. The highest BCUT2D eigenvalue weighted by atomic mass is 16.3. The van der Waals surface area contributed by atoms with Gasteiger partial charge in [0.25, 0.3) is 0 Å². The zero-order chi connectivity index (χ0) is 47.0. The highest BCUT2D eigenvalue weighted by molar-refractivity contribution is 6.11. The van der Waals surface area contributed by atoms with Gasteiger partial charge in [0.1, 0.15) is 22.3 Å². The third-order valence-corrected chi connectivity index (χ3v) is 14.0. The summed E-state index contributed by atoms with van der Waals surface area (Å²) in [6, 6.07) is 77.4. The highest BCUT2D eigenvalue weighted by Gasteiger charge is 2.25. The average Bonchev–Trinajstić information content (AvgIpc) is 3.94. The summed E-state index contributed by atoms with van der Waals surface area (Å²) in [6.45, 7) is 13.9. The number of nitrogens with zero attached hydrogens (tertiary/aromatic N) is 1. The summed E-state index contributed by atoms with van der Waals surface area (Å²) in [6.07, 6.45) is 0. The minimum absolute atomic E-state index is 0.0221. The van der Waals surface area contributed by atoms with E-state index in [1.165, 1.54) is 38.6 Å². The van der Waals surface area contributed by atoms with Gasteiger partial charge in [0.2, 0.25) is 0 Å². The van der Waals surface area contributed by atoms with Crippen LogP contribution in [0.4, 0.5) is 17.1 Å². The molecule has 2 heterocycles. The minimum atomic E-state index is -0.0221.